The topological polar surface area (TPSA) is 88.4 Å². The van der Waals surface area contributed by atoms with Crippen LogP contribution in [0.15, 0.2) is 112 Å². The largest absolute Gasteiger partial charge is 0.422 e. The monoisotopic (exact) mass is 494 g/mol. The molecule has 6 nitrogen and oxygen atoms in total. The van der Waals surface area contributed by atoms with Gasteiger partial charge in [-0.15, -0.1) is 0 Å². The van der Waals surface area contributed by atoms with Gasteiger partial charge in [0.1, 0.15) is 5.58 Å². The van der Waals surface area contributed by atoms with Gasteiger partial charge in [0.25, 0.3) is 11.8 Å². The maximum Gasteiger partial charge on any atom is 0.344 e. The normalized spacial score (nSPS) is 10.7. The smallest absolute Gasteiger partial charge is 0.344 e. The van der Waals surface area contributed by atoms with E-state index in [1.807, 2.05) is 12.1 Å². The lowest BCUT2D eigenvalue weighted by Gasteiger charge is -2.10. The molecular weight excluding hydrogens is 476 g/mol. The van der Waals surface area contributed by atoms with Crippen molar-refractivity contribution < 1.29 is 14.0 Å². The maximum absolute atomic E-state index is 12.8. The first-order valence-electron chi connectivity index (χ1n) is 11.1. The first kappa shape index (κ1) is 23.1. The fourth-order valence-electron chi connectivity index (χ4n) is 3.79. The molecule has 0 saturated carbocycles. The zero-order chi connectivity index (χ0) is 25.1. The van der Waals surface area contributed by atoms with E-state index in [1.165, 1.54) is 0 Å². The van der Waals surface area contributed by atoms with Gasteiger partial charge in [0.05, 0.1) is 16.1 Å². The van der Waals surface area contributed by atoms with Gasteiger partial charge in [0.2, 0.25) is 0 Å². The molecule has 0 aliphatic rings. The Morgan fingerprint density at radius 1 is 0.694 bits per heavy atom. The molecule has 0 aliphatic heterocycles. The van der Waals surface area contributed by atoms with E-state index in [9.17, 15) is 14.4 Å². The standard InChI is InChI=1S/C29H19ClN2O4/c30-25-10-3-2-9-23(25)28(34)32-22-8-5-7-21(17-22)31-27(33)19-14-12-18(13-15-19)24-16-20-6-1-4-11-26(20)36-29(24)35/h1-17H,(H,31,33)(H,32,34). The van der Waals surface area contributed by atoms with E-state index >= 15 is 0 Å². The first-order valence-corrected chi connectivity index (χ1v) is 11.5. The summed E-state index contributed by atoms with van der Waals surface area (Å²) in [5.41, 5.74) is 2.93. The predicted octanol–water partition coefficient (Wildman–Crippen LogP) is 6.62. The third-order valence-corrected chi connectivity index (χ3v) is 5.93. The summed E-state index contributed by atoms with van der Waals surface area (Å²) in [6.45, 7) is 0. The van der Waals surface area contributed by atoms with E-state index < -0.39 is 5.63 Å². The van der Waals surface area contributed by atoms with E-state index in [2.05, 4.69) is 10.6 Å². The highest BCUT2D eigenvalue weighted by Gasteiger charge is 2.12. The number of carbonyl (C=O) groups excluding carboxylic acids is 2. The molecule has 0 unspecified atom stereocenters. The van der Waals surface area contributed by atoms with Crippen molar-refractivity contribution in [3.63, 3.8) is 0 Å². The van der Waals surface area contributed by atoms with Gasteiger partial charge in [-0.2, -0.15) is 0 Å². The van der Waals surface area contributed by atoms with Crippen molar-refractivity contribution in [2.24, 2.45) is 0 Å². The van der Waals surface area contributed by atoms with Crippen LogP contribution in [0, 0.1) is 0 Å². The molecule has 176 valence electrons. The van der Waals surface area contributed by atoms with Crippen LogP contribution in [0.25, 0.3) is 22.1 Å². The summed E-state index contributed by atoms with van der Waals surface area (Å²) < 4.78 is 5.41. The van der Waals surface area contributed by atoms with E-state index in [0.29, 0.717) is 44.2 Å². The Kier molecular flexibility index (Phi) is 6.34. The number of para-hydroxylation sites is 1. The lowest BCUT2D eigenvalue weighted by Crippen LogP contribution is -2.14. The van der Waals surface area contributed by atoms with E-state index in [4.69, 9.17) is 16.0 Å². The van der Waals surface area contributed by atoms with E-state index in [-0.39, 0.29) is 11.8 Å². The van der Waals surface area contributed by atoms with Gasteiger partial charge in [-0.25, -0.2) is 4.79 Å². The van der Waals surface area contributed by atoms with Crippen molar-refractivity contribution in [1.82, 2.24) is 0 Å². The number of carbonyl (C=O) groups is 2. The van der Waals surface area contributed by atoms with Crippen LogP contribution in [0.1, 0.15) is 20.7 Å². The minimum atomic E-state index is -0.443. The van der Waals surface area contributed by atoms with Crippen molar-refractivity contribution in [3.05, 3.63) is 130 Å². The number of hydrogen-bond donors (Lipinski definition) is 2. The van der Waals surface area contributed by atoms with Crippen LogP contribution in [-0.4, -0.2) is 11.8 Å². The number of benzene rings is 4. The Morgan fingerprint density at radius 3 is 2.11 bits per heavy atom. The Balaban J connectivity index is 1.30. The average Bonchev–Trinajstić information content (AvgIpc) is 2.89. The van der Waals surface area contributed by atoms with Crippen molar-refractivity contribution in [2.45, 2.75) is 0 Å². The summed E-state index contributed by atoms with van der Waals surface area (Å²) >= 11 is 6.10. The van der Waals surface area contributed by atoms with Crippen molar-refractivity contribution >= 4 is 45.8 Å². The minimum Gasteiger partial charge on any atom is -0.422 e. The highest BCUT2D eigenvalue weighted by molar-refractivity contribution is 6.34. The number of rotatable bonds is 5. The molecule has 2 amide bonds. The molecule has 0 saturated heterocycles. The molecule has 0 atom stereocenters. The molecule has 0 radical (unpaired) electrons. The van der Waals surface area contributed by atoms with E-state index in [1.54, 1.807) is 91.0 Å². The van der Waals surface area contributed by atoms with Crippen LogP contribution in [0.2, 0.25) is 5.02 Å². The fraction of sp³-hybridized carbons (Fsp3) is 0. The van der Waals surface area contributed by atoms with Gasteiger partial charge in [-0.1, -0.05) is 60.1 Å². The minimum absolute atomic E-state index is 0.332. The summed E-state index contributed by atoms with van der Waals surface area (Å²) in [5.74, 6) is -0.681. The average molecular weight is 495 g/mol. The van der Waals surface area contributed by atoms with Crippen LogP contribution in [0.4, 0.5) is 11.4 Å². The highest BCUT2D eigenvalue weighted by atomic mass is 35.5. The second-order valence-corrected chi connectivity index (χ2v) is 8.44. The Hall–Kier alpha value is -4.68. The number of anilines is 2. The molecular formula is C29H19ClN2O4. The number of hydrogen-bond acceptors (Lipinski definition) is 4. The van der Waals surface area contributed by atoms with Crippen molar-refractivity contribution in [3.8, 4) is 11.1 Å². The van der Waals surface area contributed by atoms with Gasteiger partial charge in [0.15, 0.2) is 0 Å². The highest BCUT2D eigenvalue weighted by Crippen LogP contribution is 2.23. The maximum atomic E-state index is 12.8. The number of nitrogens with one attached hydrogen (secondary N) is 2. The summed E-state index contributed by atoms with van der Waals surface area (Å²) in [5, 5.41) is 6.77. The fourth-order valence-corrected chi connectivity index (χ4v) is 4.01. The molecule has 5 rings (SSSR count). The molecule has 36 heavy (non-hydrogen) atoms. The van der Waals surface area contributed by atoms with Gasteiger partial charge in [-0.3, -0.25) is 9.59 Å². The van der Waals surface area contributed by atoms with Crippen LogP contribution in [0.3, 0.4) is 0 Å². The Morgan fingerprint density at radius 2 is 1.36 bits per heavy atom. The molecule has 4 aromatic carbocycles. The predicted molar refractivity (Wildman–Crippen MR) is 142 cm³/mol. The zero-order valence-corrected chi connectivity index (χ0v) is 19.6. The second kappa shape index (κ2) is 9.90. The summed E-state index contributed by atoms with van der Waals surface area (Å²) in [6.07, 6.45) is 0. The molecule has 7 heteroatoms. The second-order valence-electron chi connectivity index (χ2n) is 8.03. The number of halogens is 1. The molecule has 0 aliphatic carbocycles. The lowest BCUT2D eigenvalue weighted by molar-refractivity contribution is 0.101. The molecule has 1 aromatic heterocycles. The molecule has 0 spiro atoms. The van der Waals surface area contributed by atoms with Gasteiger partial charge in [-0.05, 0) is 60.2 Å². The van der Waals surface area contributed by atoms with Gasteiger partial charge in [0, 0.05) is 22.3 Å². The molecule has 0 bridgehead atoms. The molecule has 5 aromatic rings. The Bertz CT molecular complexity index is 1660. The zero-order valence-electron chi connectivity index (χ0n) is 18.8. The first-order chi connectivity index (χ1) is 17.5. The SMILES string of the molecule is O=C(Nc1cccc(NC(=O)c2ccccc2Cl)c1)c1ccc(-c2cc3ccccc3oc2=O)cc1. The molecule has 2 N–H and O–H groups in total. The lowest BCUT2D eigenvalue weighted by atomic mass is 10.0. The number of amides is 2. The van der Waals surface area contributed by atoms with Crippen LogP contribution in [-0.2, 0) is 0 Å². The van der Waals surface area contributed by atoms with Gasteiger partial charge >= 0.3 is 5.63 Å². The Labute approximate surface area is 211 Å². The summed E-state index contributed by atoms with van der Waals surface area (Å²) in [4.78, 5) is 37.8. The van der Waals surface area contributed by atoms with E-state index in [0.717, 1.165) is 5.39 Å². The summed E-state index contributed by atoms with van der Waals surface area (Å²) in [6, 6.07) is 29.3. The third-order valence-electron chi connectivity index (χ3n) is 5.60. The molecule has 1 heterocycles. The van der Waals surface area contributed by atoms with Crippen LogP contribution >= 0.6 is 11.6 Å². The van der Waals surface area contributed by atoms with Crippen LogP contribution < -0.4 is 16.3 Å². The number of fused-ring (bicyclic) bond motifs is 1. The molecule has 0 fully saturated rings. The van der Waals surface area contributed by atoms with Crippen molar-refractivity contribution in [2.75, 3.05) is 10.6 Å². The summed E-state index contributed by atoms with van der Waals surface area (Å²) in [7, 11) is 0. The quantitative estimate of drug-likeness (QED) is 0.269. The van der Waals surface area contributed by atoms with Crippen LogP contribution in [0.5, 0.6) is 0 Å². The van der Waals surface area contributed by atoms with Crippen molar-refractivity contribution in [1.29, 1.82) is 0 Å². The van der Waals surface area contributed by atoms with Gasteiger partial charge < -0.3 is 15.1 Å². The third kappa shape index (κ3) is 4.89.